The van der Waals surface area contributed by atoms with Crippen LogP contribution in [0.4, 0.5) is 0 Å². The highest BCUT2D eigenvalue weighted by Gasteiger charge is 2.70. The van der Waals surface area contributed by atoms with Crippen molar-refractivity contribution in [2.75, 3.05) is 13.2 Å². The minimum atomic E-state index is -0.300. The molecule has 3 heteroatoms. The van der Waals surface area contributed by atoms with E-state index < -0.39 is 0 Å². The van der Waals surface area contributed by atoms with E-state index in [0.717, 1.165) is 44.8 Å². The molecule has 0 bridgehead atoms. The van der Waals surface area contributed by atoms with Crippen LogP contribution in [0.2, 0.25) is 0 Å². The highest BCUT2D eigenvalue weighted by molar-refractivity contribution is 5.79. The van der Waals surface area contributed by atoms with E-state index >= 15 is 0 Å². The molecule has 1 spiro atoms. The summed E-state index contributed by atoms with van der Waals surface area (Å²) in [7, 11) is 0. The summed E-state index contributed by atoms with van der Waals surface area (Å²) in [5.41, 5.74) is 0.926. The number of rotatable bonds is 0. The summed E-state index contributed by atoms with van der Waals surface area (Å²) in [5.74, 6) is 2.31. The molecule has 4 saturated carbocycles. The topological polar surface area (TPSA) is 35.5 Å². The Morgan fingerprint density at radius 3 is 2.32 bits per heavy atom. The van der Waals surface area contributed by atoms with Crippen molar-refractivity contribution in [2.45, 2.75) is 84.3 Å². The highest BCUT2D eigenvalue weighted by atomic mass is 16.7. The second kappa shape index (κ2) is 5.10. The molecular formula is C22H34O3. The van der Waals surface area contributed by atoms with Crippen LogP contribution >= 0.6 is 0 Å². The summed E-state index contributed by atoms with van der Waals surface area (Å²) in [5, 5.41) is 0. The summed E-state index contributed by atoms with van der Waals surface area (Å²) < 4.78 is 12.6. The van der Waals surface area contributed by atoms with E-state index in [0.29, 0.717) is 28.4 Å². The van der Waals surface area contributed by atoms with E-state index in [-0.39, 0.29) is 11.2 Å². The van der Waals surface area contributed by atoms with Crippen molar-refractivity contribution in [3.63, 3.8) is 0 Å². The Morgan fingerprint density at radius 1 is 0.840 bits per heavy atom. The number of hydrogen-bond donors (Lipinski definition) is 0. The summed E-state index contributed by atoms with van der Waals surface area (Å²) in [6.07, 6.45) is 10.2. The van der Waals surface area contributed by atoms with E-state index in [1.165, 1.54) is 32.1 Å². The highest BCUT2D eigenvalue weighted by Crippen LogP contribution is 2.73. The molecule has 0 unspecified atom stereocenters. The van der Waals surface area contributed by atoms with Gasteiger partial charge >= 0.3 is 0 Å². The lowest BCUT2D eigenvalue weighted by molar-refractivity contribution is -0.260. The zero-order chi connectivity index (χ0) is 17.5. The fourth-order valence-corrected chi connectivity index (χ4v) is 8.60. The molecule has 1 saturated heterocycles. The van der Waals surface area contributed by atoms with E-state index in [2.05, 4.69) is 20.8 Å². The molecule has 5 rings (SSSR count). The smallest absolute Gasteiger partial charge is 0.174 e. The number of fused-ring (bicyclic) bond motifs is 6. The molecule has 0 aromatic carbocycles. The third-order valence-electron chi connectivity index (χ3n) is 9.88. The van der Waals surface area contributed by atoms with E-state index in [1.807, 2.05) is 0 Å². The van der Waals surface area contributed by atoms with Crippen LogP contribution in [0.25, 0.3) is 0 Å². The molecule has 6 atom stereocenters. The Labute approximate surface area is 152 Å². The number of ether oxygens (including phenoxy) is 2. The lowest BCUT2D eigenvalue weighted by Gasteiger charge is -2.65. The van der Waals surface area contributed by atoms with Crippen molar-refractivity contribution < 1.29 is 14.3 Å². The van der Waals surface area contributed by atoms with Gasteiger partial charge in [-0.3, -0.25) is 4.79 Å². The average molecular weight is 347 g/mol. The summed E-state index contributed by atoms with van der Waals surface area (Å²) in [6, 6.07) is 0. The first-order valence-corrected chi connectivity index (χ1v) is 10.6. The molecule has 0 amide bonds. The third-order valence-corrected chi connectivity index (χ3v) is 9.88. The molecule has 5 aliphatic rings. The van der Waals surface area contributed by atoms with Crippen molar-refractivity contribution in [3.8, 4) is 0 Å². The van der Waals surface area contributed by atoms with Crippen molar-refractivity contribution >= 4 is 5.78 Å². The van der Waals surface area contributed by atoms with Gasteiger partial charge < -0.3 is 9.47 Å². The van der Waals surface area contributed by atoms with Gasteiger partial charge in [0.2, 0.25) is 0 Å². The van der Waals surface area contributed by atoms with Crippen LogP contribution < -0.4 is 0 Å². The Hall–Kier alpha value is -0.410. The summed E-state index contributed by atoms with van der Waals surface area (Å²) >= 11 is 0. The number of carbonyl (C=O) groups excluding carboxylic acids is 1. The van der Waals surface area contributed by atoms with Crippen molar-refractivity contribution in [3.05, 3.63) is 0 Å². The van der Waals surface area contributed by atoms with Gasteiger partial charge in [0.15, 0.2) is 5.79 Å². The van der Waals surface area contributed by atoms with Crippen LogP contribution in [0.1, 0.15) is 78.6 Å². The molecule has 5 fully saturated rings. The zero-order valence-corrected chi connectivity index (χ0v) is 16.2. The fourth-order valence-electron chi connectivity index (χ4n) is 8.60. The predicted molar refractivity (Wildman–Crippen MR) is 96.0 cm³/mol. The first-order valence-electron chi connectivity index (χ1n) is 10.6. The van der Waals surface area contributed by atoms with Crippen molar-refractivity contribution in [2.24, 2.45) is 34.0 Å². The summed E-state index contributed by atoms with van der Waals surface area (Å²) in [4.78, 5) is 12.1. The van der Waals surface area contributed by atoms with Gasteiger partial charge in [-0.2, -0.15) is 0 Å². The molecule has 0 N–H and O–H groups in total. The third kappa shape index (κ3) is 1.92. The molecule has 0 radical (unpaired) electrons. The van der Waals surface area contributed by atoms with Crippen LogP contribution in [-0.4, -0.2) is 24.8 Å². The Morgan fingerprint density at radius 2 is 1.56 bits per heavy atom. The lowest BCUT2D eigenvalue weighted by atomic mass is 9.39. The van der Waals surface area contributed by atoms with Gasteiger partial charge in [-0.1, -0.05) is 20.8 Å². The maximum atomic E-state index is 12.1. The minimum Gasteiger partial charge on any atom is -0.347 e. The van der Waals surface area contributed by atoms with Gasteiger partial charge in [0, 0.05) is 24.7 Å². The summed E-state index contributed by atoms with van der Waals surface area (Å²) in [6.45, 7) is 9.12. The molecule has 140 valence electrons. The predicted octanol–water partition coefficient (Wildman–Crippen LogP) is 4.73. The van der Waals surface area contributed by atoms with Gasteiger partial charge in [0.1, 0.15) is 5.78 Å². The monoisotopic (exact) mass is 346 g/mol. The van der Waals surface area contributed by atoms with Crippen molar-refractivity contribution in [1.82, 2.24) is 0 Å². The first kappa shape index (κ1) is 16.7. The Balaban J connectivity index is 1.51. The van der Waals surface area contributed by atoms with Gasteiger partial charge in [0.05, 0.1) is 13.2 Å². The Kier molecular flexibility index (Phi) is 3.41. The quantitative estimate of drug-likeness (QED) is 0.636. The molecule has 0 aromatic heterocycles. The number of hydrogen-bond acceptors (Lipinski definition) is 3. The largest absolute Gasteiger partial charge is 0.347 e. The van der Waals surface area contributed by atoms with Gasteiger partial charge in [-0.05, 0) is 67.1 Å². The van der Waals surface area contributed by atoms with Crippen LogP contribution in [-0.2, 0) is 14.3 Å². The maximum absolute atomic E-state index is 12.1. The van der Waals surface area contributed by atoms with E-state index in [4.69, 9.17) is 9.47 Å². The van der Waals surface area contributed by atoms with Crippen molar-refractivity contribution in [1.29, 1.82) is 0 Å². The minimum absolute atomic E-state index is 0.169. The second-order valence-electron chi connectivity index (χ2n) is 10.5. The van der Waals surface area contributed by atoms with Gasteiger partial charge in [-0.15, -0.1) is 0 Å². The van der Waals surface area contributed by atoms with Gasteiger partial charge in [0.25, 0.3) is 0 Å². The molecule has 1 heterocycles. The van der Waals surface area contributed by atoms with Crippen LogP contribution in [0.3, 0.4) is 0 Å². The number of ketones is 1. The van der Waals surface area contributed by atoms with E-state index in [1.54, 1.807) is 0 Å². The number of carbonyl (C=O) groups is 1. The molecule has 0 aromatic rings. The average Bonchev–Trinajstić information content (AvgIpc) is 3.16. The SMILES string of the molecule is C[C@]12CCC(=O)C[C@@H]1CC[C@]1(C)[C@@H]2CC[C@@]2(C)[C@H]1CCC21OCCO1. The van der Waals surface area contributed by atoms with E-state index in [9.17, 15) is 4.79 Å². The van der Waals surface area contributed by atoms with Crippen LogP contribution in [0, 0.1) is 34.0 Å². The normalized spacial score (nSPS) is 54.2. The molecule has 25 heavy (non-hydrogen) atoms. The fraction of sp³-hybridized carbons (Fsp3) is 0.955. The Bertz CT molecular complexity index is 594. The van der Waals surface area contributed by atoms with Gasteiger partial charge in [-0.25, -0.2) is 0 Å². The van der Waals surface area contributed by atoms with Crippen LogP contribution in [0.15, 0.2) is 0 Å². The maximum Gasteiger partial charge on any atom is 0.174 e. The lowest BCUT2D eigenvalue weighted by Crippen LogP contribution is -2.61. The molecule has 1 aliphatic heterocycles. The molecule has 4 aliphatic carbocycles. The molecule has 3 nitrogen and oxygen atoms in total. The second-order valence-corrected chi connectivity index (χ2v) is 10.5. The zero-order valence-electron chi connectivity index (χ0n) is 16.2. The number of Topliss-reactive ketones (excluding diaryl/α,β-unsaturated/α-hetero) is 1. The van der Waals surface area contributed by atoms with Crippen LogP contribution in [0.5, 0.6) is 0 Å². The standard InChI is InChI=1S/C22H34O3/c1-19-9-5-16(23)14-15(19)4-8-20(2)17(19)6-10-21(3)18(20)7-11-22(21)24-12-13-25-22/h15,17-18H,4-14H2,1-3H3/t15-,17+,18-,19-,20+,21-/m0/s1. The molecular weight excluding hydrogens is 312 g/mol. The first-order chi connectivity index (χ1) is 11.8.